The number of methoxy groups -OCH3 is 1. The molecular formula is C15H18INO3S. The number of amides is 1. The molecule has 1 rings (SSSR count). The summed E-state index contributed by atoms with van der Waals surface area (Å²) in [7, 11) is 3.02. The van der Waals surface area contributed by atoms with Gasteiger partial charge in [-0.15, -0.1) is 0 Å². The molecule has 0 bridgehead atoms. The highest BCUT2D eigenvalue weighted by molar-refractivity contribution is 14.2. The number of hydrogen-bond acceptors (Lipinski definition) is 4. The molecule has 1 aromatic rings. The van der Waals surface area contributed by atoms with Gasteiger partial charge in [-0.05, 0) is 47.1 Å². The molecule has 0 aliphatic heterocycles. The van der Waals surface area contributed by atoms with Crippen LogP contribution >= 0.6 is 30.1 Å². The summed E-state index contributed by atoms with van der Waals surface area (Å²) in [5.74, 6) is 3.70. The van der Waals surface area contributed by atoms with Crippen LogP contribution in [0.5, 0.6) is 5.75 Å². The van der Waals surface area contributed by atoms with E-state index in [4.69, 9.17) is 9.47 Å². The first-order chi connectivity index (χ1) is 9.85. The van der Waals surface area contributed by atoms with E-state index in [0.29, 0.717) is 12.3 Å². The lowest BCUT2D eigenvalue weighted by molar-refractivity contribution is 0.0523. The van der Waals surface area contributed by atoms with Crippen molar-refractivity contribution in [2.24, 2.45) is 0 Å². The quantitative estimate of drug-likeness (QED) is 0.592. The Bertz CT molecular complexity index is 558. The van der Waals surface area contributed by atoms with E-state index in [9.17, 15) is 4.79 Å². The molecule has 0 atom stereocenters. The average molecular weight is 419 g/mol. The molecular weight excluding hydrogens is 401 g/mol. The first-order valence-electron chi connectivity index (χ1n) is 6.28. The van der Waals surface area contributed by atoms with Crippen LogP contribution in [0.4, 0.5) is 4.79 Å². The number of carbonyl (C=O) groups is 1. The summed E-state index contributed by atoms with van der Waals surface area (Å²) < 4.78 is 10.5. The molecule has 1 aromatic carbocycles. The topological polar surface area (TPSA) is 47.6 Å². The standard InChI is InChI=1S/C15H18INO3S/c1-15(2,3)20-14(18)17-10-12-6-5-11(7-8-21-16)9-13(12)19-4/h5-6,9H,10H2,1-4H3,(H,17,18). The first kappa shape index (κ1) is 18.0. The van der Waals surface area contributed by atoms with Gasteiger partial charge in [-0.1, -0.05) is 12.0 Å². The van der Waals surface area contributed by atoms with Crippen molar-refractivity contribution in [3.8, 4) is 16.9 Å². The summed E-state index contributed by atoms with van der Waals surface area (Å²) in [5, 5.41) is 5.63. The molecule has 0 fully saturated rings. The second-order valence-corrected chi connectivity index (χ2v) is 6.87. The maximum Gasteiger partial charge on any atom is 0.407 e. The minimum atomic E-state index is -0.509. The molecule has 1 amide bonds. The normalized spacial score (nSPS) is 10.3. The highest BCUT2D eigenvalue weighted by Gasteiger charge is 2.16. The molecule has 4 nitrogen and oxygen atoms in total. The van der Waals surface area contributed by atoms with E-state index in [2.05, 4.69) is 37.7 Å². The molecule has 0 aliphatic rings. The van der Waals surface area contributed by atoms with Crippen molar-refractivity contribution in [2.75, 3.05) is 7.11 Å². The van der Waals surface area contributed by atoms with E-state index < -0.39 is 11.7 Å². The fraction of sp³-hybridized carbons (Fsp3) is 0.400. The molecule has 1 N–H and O–H groups in total. The number of nitrogens with one attached hydrogen (secondary N) is 1. The van der Waals surface area contributed by atoms with Gasteiger partial charge in [0.15, 0.2) is 0 Å². The number of ether oxygens (including phenoxy) is 2. The van der Waals surface area contributed by atoms with E-state index in [1.165, 1.54) is 8.93 Å². The number of benzene rings is 1. The van der Waals surface area contributed by atoms with Gasteiger partial charge < -0.3 is 14.8 Å². The number of hydrogen-bond donors (Lipinski definition) is 1. The predicted molar refractivity (Wildman–Crippen MR) is 94.6 cm³/mol. The van der Waals surface area contributed by atoms with Crippen LogP contribution < -0.4 is 10.1 Å². The van der Waals surface area contributed by atoms with E-state index in [0.717, 1.165) is 11.1 Å². The molecule has 0 saturated heterocycles. The maximum atomic E-state index is 11.6. The van der Waals surface area contributed by atoms with E-state index in [-0.39, 0.29) is 0 Å². The van der Waals surface area contributed by atoms with Crippen LogP contribution in [-0.2, 0) is 11.3 Å². The second-order valence-electron chi connectivity index (χ2n) is 5.19. The molecule has 0 radical (unpaired) electrons. The number of halogens is 1. The molecule has 0 unspecified atom stereocenters. The van der Waals surface area contributed by atoms with Crippen LogP contribution in [0.25, 0.3) is 0 Å². The fourth-order valence-electron chi connectivity index (χ4n) is 1.53. The zero-order valence-corrected chi connectivity index (χ0v) is 15.4. The first-order valence-corrected chi connectivity index (χ1v) is 9.64. The van der Waals surface area contributed by atoms with Crippen LogP contribution in [0.2, 0.25) is 0 Å². The maximum absolute atomic E-state index is 11.6. The van der Waals surface area contributed by atoms with Crippen molar-refractivity contribution in [3.63, 3.8) is 0 Å². The summed E-state index contributed by atoms with van der Waals surface area (Å²) in [6, 6.07) is 5.64. The van der Waals surface area contributed by atoms with Gasteiger partial charge in [-0.3, -0.25) is 0 Å². The van der Waals surface area contributed by atoms with Crippen LogP contribution in [0.3, 0.4) is 0 Å². The Kier molecular flexibility index (Phi) is 7.18. The number of alkyl carbamates (subject to hydrolysis) is 1. The van der Waals surface area contributed by atoms with Crippen LogP contribution in [0, 0.1) is 11.2 Å². The molecule has 0 saturated carbocycles. The molecule has 0 heterocycles. The van der Waals surface area contributed by atoms with Crippen LogP contribution in [0.15, 0.2) is 18.2 Å². The van der Waals surface area contributed by atoms with E-state index in [1.54, 1.807) is 7.11 Å². The highest BCUT2D eigenvalue weighted by Crippen LogP contribution is 2.20. The summed E-state index contributed by atoms with van der Waals surface area (Å²) in [6.45, 7) is 5.82. The van der Waals surface area contributed by atoms with Crippen molar-refractivity contribution in [2.45, 2.75) is 32.9 Å². The van der Waals surface area contributed by atoms with Gasteiger partial charge >= 0.3 is 6.09 Å². The van der Waals surface area contributed by atoms with E-state index in [1.807, 2.05) is 39.0 Å². The summed E-state index contributed by atoms with van der Waals surface area (Å²) in [4.78, 5) is 11.6. The SMILES string of the molecule is COc1cc(C#CSI)ccc1CNC(=O)OC(C)(C)C. The monoisotopic (exact) mass is 419 g/mol. The van der Waals surface area contributed by atoms with Gasteiger partial charge in [0.2, 0.25) is 0 Å². The Morgan fingerprint density at radius 1 is 1.43 bits per heavy atom. The third kappa shape index (κ3) is 6.96. The molecule has 6 heteroatoms. The summed E-state index contributed by atoms with van der Waals surface area (Å²) in [5.41, 5.74) is 1.23. The van der Waals surface area contributed by atoms with Crippen molar-refractivity contribution in [1.29, 1.82) is 0 Å². The highest BCUT2D eigenvalue weighted by atomic mass is 127. The van der Waals surface area contributed by atoms with Gasteiger partial charge in [0.05, 0.1) is 7.11 Å². The van der Waals surface area contributed by atoms with Gasteiger partial charge in [0.1, 0.15) is 11.4 Å². The molecule has 114 valence electrons. The Balaban J connectivity index is 2.73. The third-order valence-corrected chi connectivity index (χ3v) is 3.18. The minimum Gasteiger partial charge on any atom is -0.496 e. The molecule has 0 aliphatic carbocycles. The predicted octanol–water partition coefficient (Wildman–Crippen LogP) is 4.11. The Labute approximate surface area is 141 Å². The third-order valence-electron chi connectivity index (χ3n) is 2.34. The zero-order valence-electron chi connectivity index (χ0n) is 12.5. The molecule has 0 spiro atoms. The zero-order chi connectivity index (χ0) is 15.9. The molecule has 21 heavy (non-hydrogen) atoms. The second kappa shape index (κ2) is 8.39. The van der Waals surface area contributed by atoms with Crippen molar-refractivity contribution >= 4 is 36.2 Å². The van der Waals surface area contributed by atoms with Crippen LogP contribution in [-0.4, -0.2) is 18.8 Å². The summed E-state index contributed by atoms with van der Waals surface area (Å²) >= 11 is 2.12. The van der Waals surface area contributed by atoms with Gasteiger partial charge in [0.25, 0.3) is 0 Å². The fourth-order valence-corrected chi connectivity index (χ4v) is 2.01. The lowest BCUT2D eigenvalue weighted by Crippen LogP contribution is -2.32. The number of carbonyl (C=O) groups excluding carboxylic acids is 1. The van der Waals surface area contributed by atoms with Gasteiger partial charge in [0, 0.05) is 38.9 Å². The van der Waals surface area contributed by atoms with Gasteiger partial charge in [-0.2, -0.15) is 0 Å². The lowest BCUT2D eigenvalue weighted by atomic mass is 10.1. The van der Waals surface area contributed by atoms with E-state index >= 15 is 0 Å². The Morgan fingerprint density at radius 3 is 2.71 bits per heavy atom. The smallest absolute Gasteiger partial charge is 0.407 e. The number of rotatable bonds is 3. The minimum absolute atomic E-state index is 0.340. The van der Waals surface area contributed by atoms with Gasteiger partial charge in [-0.25, -0.2) is 4.79 Å². The van der Waals surface area contributed by atoms with Crippen molar-refractivity contribution in [1.82, 2.24) is 5.32 Å². The van der Waals surface area contributed by atoms with Crippen LogP contribution in [0.1, 0.15) is 31.9 Å². The molecule has 0 aromatic heterocycles. The van der Waals surface area contributed by atoms with Crippen molar-refractivity contribution < 1.29 is 14.3 Å². The Hall–Kier alpha value is -1.07. The lowest BCUT2D eigenvalue weighted by Gasteiger charge is -2.20. The average Bonchev–Trinajstić information content (AvgIpc) is 2.41. The largest absolute Gasteiger partial charge is 0.496 e. The Morgan fingerprint density at radius 2 is 2.14 bits per heavy atom. The van der Waals surface area contributed by atoms with Crippen molar-refractivity contribution in [3.05, 3.63) is 29.3 Å². The summed E-state index contributed by atoms with van der Waals surface area (Å²) in [6.07, 6.45) is -0.449.